The van der Waals surface area contributed by atoms with Gasteiger partial charge in [0.1, 0.15) is 0 Å². The molecule has 1 N–H and O–H groups in total. The van der Waals surface area contributed by atoms with Crippen molar-refractivity contribution in [2.24, 2.45) is 5.92 Å². The first-order chi connectivity index (χ1) is 13.1. The molecule has 1 aliphatic carbocycles. The predicted octanol–water partition coefficient (Wildman–Crippen LogP) is 5.34. The SMILES string of the molecule is CC1CCc2c(C(=O)OCC(=O)Nc3ccc(Cl)c(C(F)(F)F)c3)csc2C1. The van der Waals surface area contributed by atoms with Crippen molar-refractivity contribution < 1.29 is 27.5 Å². The number of halogens is 4. The van der Waals surface area contributed by atoms with Gasteiger partial charge in [0.2, 0.25) is 0 Å². The van der Waals surface area contributed by atoms with Gasteiger partial charge in [-0.25, -0.2) is 4.79 Å². The molecule has 4 nitrogen and oxygen atoms in total. The number of esters is 1. The van der Waals surface area contributed by atoms with Crippen molar-refractivity contribution in [3.63, 3.8) is 0 Å². The van der Waals surface area contributed by atoms with E-state index in [9.17, 15) is 22.8 Å². The van der Waals surface area contributed by atoms with Crippen LogP contribution in [0.2, 0.25) is 5.02 Å². The molecule has 0 spiro atoms. The zero-order valence-corrected chi connectivity index (χ0v) is 16.4. The van der Waals surface area contributed by atoms with E-state index in [1.807, 2.05) is 0 Å². The maximum absolute atomic E-state index is 12.9. The van der Waals surface area contributed by atoms with Crippen molar-refractivity contribution in [3.8, 4) is 0 Å². The molecule has 0 aliphatic heterocycles. The van der Waals surface area contributed by atoms with Gasteiger partial charge in [-0.3, -0.25) is 4.79 Å². The third-order valence-corrected chi connectivity index (χ3v) is 5.89. The van der Waals surface area contributed by atoms with E-state index >= 15 is 0 Å². The summed E-state index contributed by atoms with van der Waals surface area (Å²) in [7, 11) is 0. The van der Waals surface area contributed by atoms with Crippen LogP contribution >= 0.6 is 22.9 Å². The molecule has 1 unspecified atom stereocenters. The van der Waals surface area contributed by atoms with Crippen LogP contribution in [0, 0.1) is 5.92 Å². The molecule has 1 aliphatic rings. The van der Waals surface area contributed by atoms with E-state index in [4.69, 9.17) is 16.3 Å². The number of thiophene rings is 1. The second-order valence-corrected chi connectivity index (χ2v) is 8.09. The van der Waals surface area contributed by atoms with Gasteiger partial charge >= 0.3 is 12.1 Å². The first kappa shape index (κ1) is 20.7. The van der Waals surface area contributed by atoms with E-state index in [0.717, 1.165) is 41.8 Å². The van der Waals surface area contributed by atoms with Crippen molar-refractivity contribution >= 4 is 40.5 Å². The normalized spacial score (nSPS) is 16.4. The van der Waals surface area contributed by atoms with Crippen LogP contribution in [-0.2, 0) is 28.5 Å². The number of carbonyl (C=O) groups is 2. The van der Waals surface area contributed by atoms with Crippen molar-refractivity contribution in [2.45, 2.75) is 32.4 Å². The summed E-state index contributed by atoms with van der Waals surface area (Å²) < 4.78 is 43.7. The van der Waals surface area contributed by atoms with Crippen molar-refractivity contribution in [1.29, 1.82) is 0 Å². The number of alkyl halides is 3. The summed E-state index contributed by atoms with van der Waals surface area (Å²) in [5.74, 6) is -0.766. The van der Waals surface area contributed by atoms with Gasteiger partial charge in [-0.1, -0.05) is 18.5 Å². The van der Waals surface area contributed by atoms with Crippen LogP contribution in [0.1, 0.15) is 39.7 Å². The second-order valence-electron chi connectivity index (χ2n) is 6.72. The molecule has 0 fully saturated rings. The largest absolute Gasteiger partial charge is 0.452 e. The number of amides is 1. The highest BCUT2D eigenvalue weighted by molar-refractivity contribution is 7.10. The Bertz CT molecular complexity index is 910. The highest BCUT2D eigenvalue weighted by Crippen LogP contribution is 2.36. The smallest absolute Gasteiger partial charge is 0.417 e. The Labute approximate surface area is 168 Å². The van der Waals surface area contributed by atoms with Crippen LogP contribution < -0.4 is 5.32 Å². The molecule has 9 heteroatoms. The molecule has 0 radical (unpaired) electrons. The van der Waals surface area contributed by atoms with Crippen LogP contribution in [0.4, 0.5) is 18.9 Å². The molecule has 150 valence electrons. The third-order valence-electron chi connectivity index (χ3n) is 4.51. The van der Waals surface area contributed by atoms with Gasteiger partial charge in [-0.05, 0) is 48.9 Å². The topological polar surface area (TPSA) is 55.4 Å². The molecule has 0 saturated heterocycles. The Hall–Kier alpha value is -2.06. The van der Waals surface area contributed by atoms with E-state index in [-0.39, 0.29) is 5.69 Å². The fraction of sp³-hybridized carbons (Fsp3) is 0.368. The lowest BCUT2D eigenvalue weighted by molar-refractivity contribution is -0.137. The number of fused-ring (bicyclic) bond motifs is 1. The zero-order chi connectivity index (χ0) is 20.5. The maximum Gasteiger partial charge on any atom is 0.417 e. The number of hydrogen-bond acceptors (Lipinski definition) is 4. The van der Waals surface area contributed by atoms with E-state index in [2.05, 4.69) is 12.2 Å². The highest BCUT2D eigenvalue weighted by atomic mass is 35.5. The Morgan fingerprint density at radius 3 is 2.82 bits per heavy atom. The Morgan fingerprint density at radius 1 is 1.36 bits per heavy atom. The number of ether oxygens (including phenoxy) is 1. The molecule has 1 atom stereocenters. The van der Waals surface area contributed by atoms with E-state index in [1.54, 1.807) is 5.38 Å². The quantitative estimate of drug-likeness (QED) is 0.665. The maximum atomic E-state index is 12.9. The summed E-state index contributed by atoms with van der Waals surface area (Å²) in [4.78, 5) is 25.4. The van der Waals surface area contributed by atoms with Crippen molar-refractivity contribution in [2.75, 3.05) is 11.9 Å². The molecule has 28 heavy (non-hydrogen) atoms. The lowest BCUT2D eigenvalue weighted by Gasteiger charge is -2.18. The van der Waals surface area contributed by atoms with E-state index in [1.165, 1.54) is 17.4 Å². The molecule has 0 bridgehead atoms. The number of anilines is 1. The van der Waals surface area contributed by atoms with Gasteiger partial charge in [0.25, 0.3) is 5.91 Å². The molecule has 2 aromatic rings. The van der Waals surface area contributed by atoms with Crippen LogP contribution in [0.25, 0.3) is 0 Å². The first-order valence-corrected chi connectivity index (χ1v) is 9.84. The van der Waals surface area contributed by atoms with Gasteiger partial charge < -0.3 is 10.1 Å². The van der Waals surface area contributed by atoms with Gasteiger partial charge in [0.05, 0.1) is 16.1 Å². The number of carbonyl (C=O) groups excluding carboxylic acids is 2. The van der Waals surface area contributed by atoms with Gasteiger partial charge in [0.15, 0.2) is 6.61 Å². The van der Waals surface area contributed by atoms with E-state index in [0.29, 0.717) is 11.5 Å². The van der Waals surface area contributed by atoms with Crippen LogP contribution in [0.3, 0.4) is 0 Å². The van der Waals surface area contributed by atoms with Gasteiger partial charge in [-0.15, -0.1) is 11.3 Å². The summed E-state index contributed by atoms with van der Waals surface area (Å²) in [6.45, 7) is 1.57. The summed E-state index contributed by atoms with van der Waals surface area (Å²) in [6, 6.07) is 3.02. The lowest BCUT2D eigenvalue weighted by Crippen LogP contribution is -2.22. The summed E-state index contributed by atoms with van der Waals surface area (Å²) >= 11 is 7.05. The molecule has 0 saturated carbocycles. The monoisotopic (exact) mass is 431 g/mol. The van der Waals surface area contributed by atoms with Gasteiger partial charge in [-0.2, -0.15) is 13.2 Å². The molecule has 1 heterocycles. The molecular weight excluding hydrogens is 415 g/mol. The molecular formula is C19H17ClF3NO3S. The third kappa shape index (κ3) is 4.67. The minimum Gasteiger partial charge on any atom is -0.452 e. The lowest BCUT2D eigenvalue weighted by atomic mass is 9.88. The number of nitrogens with one attached hydrogen (secondary N) is 1. The molecule has 1 aromatic carbocycles. The van der Waals surface area contributed by atoms with Crippen molar-refractivity contribution in [1.82, 2.24) is 0 Å². The fourth-order valence-corrected chi connectivity index (χ4v) is 4.53. The summed E-state index contributed by atoms with van der Waals surface area (Å²) in [5, 5.41) is 3.55. The van der Waals surface area contributed by atoms with Crippen LogP contribution in [0.15, 0.2) is 23.6 Å². The Morgan fingerprint density at radius 2 is 2.11 bits per heavy atom. The van der Waals surface area contributed by atoms with Gasteiger partial charge in [0, 0.05) is 15.9 Å². The molecule has 1 aromatic heterocycles. The van der Waals surface area contributed by atoms with Crippen LogP contribution in [-0.4, -0.2) is 18.5 Å². The number of rotatable bonds is 4. The summed E-state index contributed by atoms with van der Waals surface area (Å²) in [6.07, 6.45) is -1.93. The fourth-order valence-electron chi connectivity index (χ4n) is 3.07. The highest BCUT2D eigenvalue weighted by Gasteiger charge is 2.33. The minimum atomic E-state index is -4.64. The minimum absolute atomic E-state index is 0.0836. The standard InChI is InChI=1S/C19H17ClF3NO3S/c1-10-2-4-12-13(9-28-16(12)6-10)18(26)27-8-17(25)24-11-3-5-15(20)14(7-11)19(21,22)23/h3,5,7,9-10H,2,4,6,8H2,1H3,(H,24,25). The number of benzene rings is 1. The molecule has 3 rings (SSSR count). The first-order valence-electron chi connectivity index (χ1n) is 8.58. The Kier molecular flexibility index (Phi) is 6.00. The van der Waals surface area contributed by atoms with Crippen molar-refractivity contribution in [3.05, 3.63) is 50.2 Å². The average molecular weight is 432 g/mol. The zero-order valence-electron chi connectivity index (χ0n) is 14.9. The predicted molar refractivity (Wildman–Crippen MR) is 101 cm³/mol. The Balaban J connectivity index is 1.60. The van der Waals surface area contributed by atoms with Crippen LogP contribution in [0.5, 0.6) is 0 Å². The van der Waals surface area contributed by atoms with E-state index < -0.39 is 35.2 Å². The number of hydrogen-bond donors (Lipinski definition) is 1. The average Bonchev–Trinajstić information content (AvgIpc) is 3.03. The summed E-state index contributed by atoms with van der Waals surface area (Å²) in [5.41, 5.74) is 0.300. The molecule has 1 amide bonds. The second kappa shape index (κ2) is 8.13.